The van der Waals surface area contributed by atoms with Crippen LogP contribution in [0.5, 0.6) is 0 Å². The standard InChI is InChI=1S/C15H22O15P2/c16-2-7(18)1-6(9(19)3-17)4-29-32(27,28)30-14-12(21)8(5-31(24,25)26)11(20)10-13(22)15(10,14)23/h2-3,6,8,10-14,20-23H,1,4-5H2,(H,27,28)(H2,24,25,26)/t6-,8+,10+,11?,12?,13?,14?,15?/m1/s1. The second-order valence-electron chi connectivity index (χ2n) is 7.65. The van der Waals surface area contributed by atoms with Crippen LogP contribution in [-0.4, -0.2) is 102 Å². The number of phosphoric ester groups is 1. The van der Waals surface area contributed by atoms with Crippen LogP contribution in [0.4, 0.5) is 0 Å². The van der Waals surface area contributed by atoms with Crippen LogP contribution in [0.2, 0.25) is 0 Å². The number of Topliss-reactive ketones (excluding diaryl/α,β-unsaturated/α-hetero) is 2. The molecular formula is C15H22O15P2. The lowest BCUT2D eigenvalue weighted by Gasteiger charge is -2.40. The van der Waals surface area contributed by atoms with Crippen molar-refractivity contribution in [2.75, 3.05) is 12.8 Å². The third-order valence-corrected chi connectivity index (χ3v) is 7.35. The maximum Gasteiger partial charge on any atom is 0.472 e. The number of phosphoric acid groups is 1. The van der Waals surface area contributed by atoms with E-state index in [0.717, 1.165) is 0 Å². The number of aliphatic hydroxyl groups excluding tert-OH is 3. The molecular weight excluding hydrogens is 482 g/mol. The van der Waals surface area contributed by atoms with Crippen LogP contribution < -0.4 is 0 Å². The van der Waals surface area contributed by atoms with Gasteiger partial charge in [-0.1, -0.05) is 0 Å². The van der Waals surface area contributed by atoms with Gasteiger partial charge in [0.05, 0.1) is 37.0 Å². The molecule has 7 N–H and O–H groups in total. The van der Waals surface area contributed by atoms with E-state index in [1.807, 2.05) is 0 Å². The van der Waals surface area contributed by atoms with E-state index < -0.39 is 93.9 Å². The Morgan fingerprint density at radius 1 is 1.03 bits per heavy atom. The molecule has 2 fully saturated rings. The number of hydrogen-bond donors (Lipinski definition) is 7. The van der Waals surface area contributed by atoms with Crippen LogP contribution >= 0.6 is 15.4 Å². The fourth-order valence-corrected chi connectivity index (χ4v) is 5.80. The Kier molecular flexibility index (Phi) is 8.08. The highest BCUT2D eigenvalue weighted by Crippen LogP contribution is 2.61. The molecule has 182 valence electrons. The number of rotatable bonds is 12. The molecule has 0 amide bonds. The fourth-order valence-electron chi connectivity index (χ4n) is 3.81. The van der Waals surface area contributed by atoms with Crippen LogP contribution in [0.1, 0.15) is 6.42 Å². The summed E-state index contributed by atoms with van der Waals surface area (Å²) in [5, 5.41) is 41.0. The number of carbonyl (C=O) groups is 4. The monoisotopic (exact) mass is 504 g/mol. The second-order valence-corrected chi connectivity index (χ2v) is 10.7. The van der Waals surface area contributed by atoms with E-state index in [4.69, 9.17) is 14.3 Å². The molecule has 0 aromatic rings. The van der Waals surface area contributed by atoms with Gasteiger partial charge in [-0.05, 0) is 0 Å². The van der Waals surface area contributed by atoms with Gasteiger partial charge in [0, 0.05) is 18.3 Å². The van der Waals surface area contributed by atoms with Crippen molar-refractivity contribution in [3.63, 3.8) is 0 Å². The highest BCUT2D eigenvalue weighted by molar-refractivity contribution is 7.51. The predicted molar refractivity (Wildman–Crippen MR) is 97.8 cm³/mol. The average molecular weight is 504 g/mol. The maximum absolute atomic E-state index is 12.3. The summed E-state index contributed by atoms with van der Waals surface area (Å²) < 4.78 is 32.9. The van der Waals surface area contributed by atoms with Crippen molar-refractivity contribution in [2.24, 2.45) is 17.8 Å². The van der Waals surface area contributed by atoms with Crippen molar-refractivity contribution in [3.8, 4) is 0 Å². The molecule has 6 unspecified atom stereocenters. The highest BCUT2D eigenvalue weighted by atomic mass is 31.2. The molecule has 0 heterocycles. The minimum absolute atomic E-state index is 0.144. The number of aliphatic hydroxyl groups is 4. The first-order valence-electron chi connectivity index (χ1n) is 9.03. The number of aldehydes is 2. The van der Waals surface area contributed by atoms with E-state index in [2.05, 4.69) is 4.52 Å². The number of hydrogen-bond acceptors (Lipinski definition) is 12. The van der Waals surface area contributed by atoms with Gasteiger partial charge in [-0.25, -0.2) is 4.57 Å². The summed E-state index contributed by atoms with van der Waals surface area (Å²) in [6.45, 7) is -1.06. The van der Waals surface area contributed by atoms with Crippen molar-refractivity contribution < 1.29 is 72.5 Å². The van der Waals surface area contributed by atoms with Crippen molar-refractivity contribution in [1.29, 1.82) is 0 Å². The molecule has 0 aliphatic heterocycles. The first-order chi connectivity index (χ1) is 14.6. The van der Waals surface area contributed by atoms with E-state index in [9.17, 15) is 53.6 Å². The summed E-state index contributed by atoms with van der Waals surface area (Å²) in [5.74, 6) is -7.12. The molecule has 0 aromatic heterocycles. The molecule has 9 atom stereocenters. The zero-order valence-electron chi connectivity index (χ0n) is 16.1. The molecule has 0 radical (unpaired) electrons. The highest BCUT2D eigenvalue weighted by Gasteiger charge is 2.77. The van der Waals surface area contributed by atoms with E-state index in [1.54, 1.807) is 0 Å². The average Bonchev–Trinajstić information content (AvgIpc) is 3.26. The third-order valence-electron chi connectivity index (χ3n) is 5.48. The van der Waals surface area contributed by atoms with Crippen LogP contribution in [0.25, 0.3) is 0 Å². The molecule has 15 nitrogen and oxygen atoms in total. The molecule has 17 heteroatoms. The lowest BCUT2D eigenvalue weighted by Crippen LogP contribution is -2.56. The zero-order chi connectivity index (χ0) is 24.6. The summed E-state index contributed by atoms with van der Waals surface area (Å²) in [5.41, 5.74) is -2.46. The summed E-state index contributed by atoms with van der Waals surface area (Å²) >= 11 is 0. The Morgan fingerprint density at radius 3 is 2.12 bits per heavy atom. The number of carbonyl (C=O) groups excluding carboxylic acids is 4. The van der Waals surface area contributed by atoms with Crippen LogP contribution in [0.3, 0.4) is 0 Å². The summed E-state index contributed by atoms with van der Waals surface area (Å²) in [4.78, 5) is 72.1. The largest absolute Gasteiger partial charge is 0.472 e. The van der Waals surface area contributed by atoms with Crippen LogP contribution in [0, 0.1) is 17.8 Å². The van der Waals surface area contributed by atoms with Gasteiger partial charge in [-0.2, -0.15) is 0 Å². The molecule has 0 aromatic carbocycles. The second kappa shape index (κ2) is 9.57. The number of fused-ring (bicyclic) bond motifs is 1. The van der Waals surface area contributed by atoms with Gasteiger partial charge in [0.1, 0.15) is 11.7 Å². The molecule has 2 aliphatic carbocycles. The Morgan fingerprint density at radius 2 is 1.62 bits per heavy atom. The van der Waals surface area contributed by atoms with Gasteiger partial charge < -0.3 is 35.1 Å². The van der Waals surface area contributed by atoms with E-state index >= 15 is 0 Å². The molecule has 2 rings (SSSR count). The summed E-state index contributed by atoms with van der Waals surface area (Å²) in [6, 6.07) is 0. The van der Waals surface area contributed by atoms with Gasteiger partial charge >= 0.3 is 15.4 Å². The van der Waals surface area contributed by atoms with E-state index in [0.29, 0.717) is 0 Å². The van der Waals surface area contributed by atoms with Crippen molar-refractivity contribution >= 4 is 39.6 Å². The van der Waals surface area contributed by atoms with E-state index in [-0.39, 0.29) is 12.6 Å². The molecule has 0 bridgehead atoms. The summed E-state index contributed by atoms with van der Waals surface area (Å²) in [7, 11) is -10.1. The first-order valence-corrected chi connectivity index (χ1v) is 12.3. The van der Waals surface area contributed by atoms with Crippen molar-refractivity contribution in [3.05, 3.63) is 0 Å². The molecule has 32 heavy (non-hydrogen) atoms. The Bertz CT molecular complexity index is 869. The molecule has 0 saturated heterocycles. The first kappa shape index (κ1) is 27.0. The SMILES string of the molecule is O=CC(=O)C[C@H](COP(=O)(O)OC1C(O)[C@@H](CP(=O)(O)O)C(O)[C@H]2C(O)C12O)C(=O)C=O. The normalized spacial score (nSPS) is 37.0. The smallest absolute Gasteiger partial charge is 0.392 e. The zero-order valence-corrected chi connectivity index (χ0v) is 17.9. The van der Waals surface area contributed by atoms with Gasteiger partial charge in [-0.15, -0.1) is 0 Å². The lowest BCUT2D eigenvalue weighted by atomic mass is 9.81. The Balaban J connectivity index is 2.18. The maximum atomic E-state index is 12.3. The molecule has 0 spiro atoms. The molecule has 2 aliphatic rings. The minimum Gasteiger partial charge on any atom is -0.392 e. The predicted octanol–water partition coefficient (Wildman–Crippen LogP) is -3.72. The number of ketones is 2. The van der Waals surface area contributed by atoms with Crippen LogP contribution in [-0.2, 0) is 37.4 Å². The van der Waals surface area contributed by atoms with Gasteiger partial charge in [-0.3, -0.25) is 32.8 Å². The van der Waals surface area contributed by atoms with Gasteiger partial charge in [0.15, 0.2) is 18.4 Å². The lowest BCUT2D eigenvalue weighted by molar-refractivity contribution is -0.152. The Labute approximate surface area is 179 Å². The van der Waals surface area contributed by atoms with E-state index in [1.165, 1.54) is 0 Å². The minimum atomic E-state index is -5.31. The fraction of sp³-hybridized carbons (Fsp3) is 0.733. The van der Waals surface area contributed by atoms with Crippen molar-refractivity contribution in [1.82, 2.24) is 0 Å². The third kappa shape index (κ3) is 5.64. The quantitative estimate of drug-likeness (QED) is 0.0765. The summed E-state index contributed by atoms with van der Waals surface area (Å²) in [6.07, 6.45) is -10.2. The van der Waals surface area contributed by atoms with Gasteiger partial charge in [0.2, 0.25) is 5.78 Å². The topological polar surface area (TPSA) is 262 Å². The Hall–Kier alpha value is -1.22. The van der Waals surface area contributed by atoms with Crippen molar-refractivity contribution in [2.45, 2.75) is 36.4 Å². The molecule has 2 saturated carbocycles. The van der Waals surface area contributed by atoms with Crippen LogP contribution in [0.15, 0.2) is 0 Å². The van der Waals surface area contributed by atoms with Gasteiger partial charge in [0.25, 0.3) is 0 Å².